The van der Waals surface area contributed by atoms with Crippen LogP contribution in [0.15, 0.2) is 18.2 Å². The van der Waals surface area contributed by atoms with Crippen molar-refractivity contribution < 1.29 is 19.4 Å². The molecular formula is C15H23NO4. The minimum atomic E-state index is -0.920. The van der Waals surface area contributed by atoms with Crippen molar-refractivity contribution in [2.45, 2.75) is 38.6 Å². The van der Waals surface area contributed by atoms with E-state index in [1.165, 1.54) is 0 Å². The van der Waals surface area contributed by atoms with Gasteiger partial charge in [-0.15, -0.1) is 0 Å². The average Bonchev–Trinajstić information content (AvgIpc) is 2.42. The van der Waals surface area contributed by atoms with Gasteiger partial charge in [-0.05, 0) is 24.1 Å². The number of aliphatic carboxylic acids is 1. The first-order valence-electron chi connectivity index (χ1n) is 6.86. The molecule has 112 valence electrons. The SMILES string of the molecule is CCCCCOc1ccc(C(N)CC(=O)O)cc1OC. The van der Waals surface area contributed by atoms with Gasteiger partial charge in [-0.3, -0.25) is 4.79 Å². The summed E-state index contributed by atoms with van der Waals surface area (Å²) in [7, 11) is 1.56. The molecule has 0 amide bonds. The van der Waals surface area contributed by atoms with Gasteiger partial charge in [0.2, 0.25) is 0 Å². The van der Waals surface area contributed by atoms with Gasteiger partial charge in [0.1, 0.15) is 0 Å². The molecule has 1 rings (SSSR count). The van der Waals surface area contributed by atoms with Crippen LogP contribution in [0.4, 0.5) is 0 Å². The third kappa shape index (κ3) is 5.09. The summed E-state index contributed by atoms with van der Waals surface area (Å²) < 4.78 is 10.9. The maximum Gasteiger partial charge on any atom is 0.305 e. The summed E-state index contributed by atoms with van der Waals surface area (Å²) in [6.45, 7) is 2.78. The molecule has 5 nitrogen and oxygen atoms in total. The van der Waals surface area contributed by atoms with Crippen LogP contribution >= 0.6 is 0 Å². The lowest BCUT2D eigenvalue weighted by Gasteiger charge is -2.14. The lowest BCUT2D eigenvalue weighted by molar-refractivity contribution is -0.137. The second-order valence-electron chi connectivity index (χ2n) is 4.67. The van der Waals surface area contributed by atoms with Gasteiger partial charge in [0.25, 0.3) is 0 Å². The summed E-state index contributed by atoms with van der Waals surface area (Å²) in [5.74, 6) is 0.325. The van der Waals surface area contributed by atoms with E-state index < -0.39 is 12.0 Å². The standard InChI is InChI=1S/C15H23NO4/c1-3-4-5-8-20-13-7-6-11(9-14(13)19-2)12(16)10-15(17)18/h6-7,9,12H,3-5,8,10,16H2,1-2H3,(H,17,18). The molecule has 5 heteroatoms. The van der Waals surface area contributed by atoms with Crippen LogP contribution in [0.5, 0.6) is 11.5 Å². The number of unbranched alkanes of at least 4 members (excludes halogenated alkanes) is 2. The molecule has 0 aromatic heterocycles. The van der Waals surface area contributed by atoms with E-state index in [-0.39, 0.29) is 6.42 Å². The average molecular weight is 281 g/mol. The van der Waals surface area contributed by atoms with Crippen molar-refractivity contribution >= 4 is 5.97 Å². The molecule has 3 N–H and O–H groups in total. The molecule has 0 aliphatic carbocycles. The first-order valence-corrected chi connectivity index (χ1v) is 6.86. The fourth-order valence-electron chi connectivity index (χ4n) is 1.87. The maximum atomic E-state index is 10.7. The number of carboxylic acid groups (broad SMARTS) is 1. The molecule has 0 saturated carbocycles. The molecule has 1 atom stereocenters. The number of benzene rings is 1. The zero-order valence-corrected chi connectivity index (χ0v) is 12.1. The Morgan fingerprint density at radius 3 is 2.70 bits per heavy atom. The number of ether oxygens (including phenoxy) is 2. The van der Waals surface area contributed by atoms with Gasteiger partial charge in [-0.25, -0.2) is 0 Å². The second-order valence-corrected chi connectivity index (χ2v) is 4.67. The molecule has 0 aliphatic rings. The second kappa shape index (κ2) is 8.43. The monoisotopic (exact) mass is 281 g/mol. The van der Waals surface area contributed by atoms with Gasteiger partial charge in [-0.1, -0.05) is 25.8 Å². The number of methoxy groups -OCH3 is 1. The van der Waals surface area contributed by atoms with Crippen LogP contribution in [0.1, 0.15) is 44.2 Å². The lowest BCUT2D eigenvalue weighted by atomic mass is 10.0. The Balaban J connectivity index is 2.71. The highest BCUT2D eigenvalue weighted by Crippen LogP contribution is 2.30. The highest BCUT2D eigenvalue weighted by atomic mass is 16.5. The quantitative estimate of drug-likeness (QED) is 0.680. The van der Waals surface area contributed by atoms with Gasteiger partial charge in [0.05, 0.1) is 20.1 Å². The number of carbonyl (C=O) groups is 1. The van der Waals surface area contributed by atoms with Crippen molar-refractivity contribution in [3.8, 4) is 11.5 Å². The Bertz CT molecular complexity index is 434. The number of hydrogen-bond acceptors (Lipinski definition) is 4. The van der Waals surface area contributed by atoms with Crippen LogP contribution in [-0.4, -0.2) is 24.8 Å². The van der Waals surface area contributed by atoms with Crippen molar-refractivity contribution in [3.63, 3.8) is 0 Å². The van der Waals surface area contributed by atoms with Gasteiger partial charge >= 0.3 is 5.97 Å². The van der Waals surface area contributed by atoms with E-state index in [0.717, 1.165) is 24.8 Å². The third-order valence-electron chi connectivity index (χ3n) is 3.02. The van der Waals surface area contributed by atoms with Crippen LogP contribution in [0.3, 0.4) is 0 Å². The summed E-state index contributed by atoms with van der Waals surface area (Å²) in [4.78, 5) is 10.7. The van der Waals surface area contributed by atoms with Gasteiger partial charge in [-0.2, -0.15) is 0 Å². The predicted octanol–water partition coefficient (Wildman–Crippen LogP) is 2.74. The molecule has 0 radical (unpaired) electrons. The molecule has 0 bridgehead atoms. The Kier molecular flexibility index (Phi) is 6.87. The largest absolute Gasteiger partial charge is 0.493 e. The minimum absolute atomic E-state index is 0.111. The van der Waals surface area contributed by atoms with Crippen molar-refractivity contribution in [1.82, 2.24) is 0 Å². The van der Waals surface area contributed by atoms with Crippen LogP contribution < -0.4 is 15.2 Å². The summed E-state index contributed by atoms with van der Waals surface area (Å²) in [5, 5.41) is 8.76. The van der Waals surface area contributed by atoms with Gasteiger partial charge in [0, 0.05) is 6.04 Å². The van der Waals surface area contributed by atoms with E-state index in [9.17, 15) is 4.79 Å². The van der Waals surface area contributed by atoms with Gasteiger partial charge in [0.15, 0.2) is 11.5 Å². The Morgan fingerprint density at radius 1 is 1.35 bits per heavy atom. The molecule has 1 unspecified atom stereocenters. The normalized spacial score (nSPS) is 11.9. The molecule has 20 heavy (non-hydrogen) atoms. The molecule has 1 aromatic rings. The lowest BCUT2D eigenvalue weighted by Crippen LogP contribution is -2.15. The smallest absolute Gasteiger partial charge is 0.305 e. The van der Waals surface area contributed by atoms with E-state index in [2.05, 4.69) is 6.92 Å². The zero-order chi connectivity index (χ0) is 15.0. The van der Waals surface area contributed by atoms with Gasteiger partial charge < -0.3 is 20.3 Å². The van der Waals surface area contributed by atoms with Crippen molar-refractivity contribution in [3.05, 3.63) is 23.8 Å². The van der Waals surface area contributed by atoms with E-state index in [4.69, 9.17) is 20.3 Å². The van der Waals surface area contributed by atoms with E-state index in [1.807, 2.05) is 0 Å². The van der Waals surface area contributed by atoms with Crippen LogP contribution in [0, 0.1) is 0 Å². The minimum Gasteiger partial charge on any atom is -0.493 e. The van der Waals surface area contributed by atoms with E-state index in [1.54, 1.807) is 25.3 Å². The Morgan fingerprint density at radius 2 is 2.10 bits per heavy atom. The number of rotatable bonds is 9. The highest BCUT2D eigenvalue weighted by Gasteiger charge is 2.13. The van der Waals surface area contributed by atoms with Crippen molar-refractivity contribution in [2.75, 3.05) is 13.7 Å². The first-order chi connectivity index (χ1) is 9.58. The maximum absolute atomic E-state index is 10.7. The number of carboxylic acids is 1. The summed E-state index contributed by atoms with van der Waals surface area (Å²) in [6.07, 6.45) is 3.16. The fraction of sp³-hybridized carbons (Fsp3) is 0.533. The summed E-state index contributed by atoms with van der Waals surface area (Å²) >= 11 is 0. The van der Waals surface area contributed by atoms with Crippen molar-refractivity contribution in [1.29, 1.82) is 0 Å². The molecule has 0 saturated heterocycles. The Labute approximate surface area is 119 Å². The molecule has 0 heterocycles. The molecule has 0 fully saturated rings. The summed E-state index contributed by atoms with van der Waals surface area (Å²) in [6, 6.07) is 4.76. The molecule has 1 aromatic carbocycles. The topological polar surface area (TPSA) is 81.8 Å². The van der Waals surface area contributed by atoms with Crippen LogP contribution in [-0.2, 0) is 4.79 Å². The van der Waals surface area contributed by atoms with E-state index in [0.29, 0.717) is 18.1 Å². The molecule has 0 aliphatic heterocycles. The fourth-order valence-corrected chi connectivity index (χ4v) is 1.87. The van der Waals surface area contributed by atoms with E-state index >= 15 is 0 Å². The Hall–Kier alpha value is -1.75. The molecular weight excluding hydrogens is 258 g/mol. The van der Waals surface area contributed by atoms with Crippen LogP contribution in [0.25, 0.3) is 0 Å². The number of hydrogen-bond donors (Lipinski definition) is 2. The zero-order valence-electron chi connectivity index (χ0n) is 12.1. The molecule has 0 spiro atoms. The highest BCUT2D eigenvalue weighted by molar-refractivity contribution is 5.68. The summed E-state index contributed by atoms with van der Waals surface area (Å²) in [5.41, 5.74) is 6.56. The third-order valence-corrected chi connectivity index (χ3v) is 3.02. The predicted molar refractivity (Wildman–Crippen MR) is 77.2 cm³/mol. The van der Waals surface area contributed by atoms with Crippen LogP contribution in [0.2, 0.25) is 0 Å². The van der Waals surface area contributed by atoms with Crippen molar-refractivity contribution in [2.24, 2.45) is 5.73 Å². The number of nitrogens with two attached hydrogens (primary N) is 1. The first kappa shape index (κ1) is 16.3.